The van der Waals surface area contributed by atoms with Gasteiger partial charge in [-0.1, -0.05) is 12.1 Å². The number of benzene rings is 2. The Hall–Kier alpha value is -2.74. The lowest BCUT2D eigenvalue weighted by atomic mass is 10.1. The van der Waals surface area contributed by atoms with Crippen molar-refractivity contribution in [1.82, 2.24) is 0 Å². The molecular weight excluding hydrogens is 364 g/mol. The zero-order valence-electron chi connectivity index (χ0n) is 13.3. The summed E-state index contributed by atoms with van der Waals surface area (Å²) in [6.45, 7) is -0.727. The number of amides is 1. The van der Waals surface area contributed by atoms with Crippen molar-refractivity contribution < 1.29 is 27.9 Å². The van der Waals surface area contributed by atoms with Crippen molar-refractivity contribution in [3.63, 3.8) is 0 Å². The predicted octanol–water partition coefficient (Wildman–Crippen LogP) is 3.19. The lowest BCUT2D eigenvalue weighted by Crippen LogP contribution is -2.31. The highest BCUT2D eigenvalue weighted by atomic mass is 32.2. The number of ketones is 1. The van der Waals surface area contributed by atoms with Crippen molar-refractivity contribution in [1.29, 1.82) is 0 Å². The molecular formula is C18H13F2NO4S. The maximum Gasteiger partial charge on any atom is 0.307 e. The number of rotatable bonds is 5. The van der Waals surface area contributed by atoms with Crippen LogP contribution in [-0.4, -0.2) is 29.5 Å². The zero-order chi connectivity index (χ0) is 18.7. The minimum absolute atomic E-state index is 0.246. The van der Waals surface area contributed by atoms with E-state index >= 15 is 0 Å². The number of hydrogen-bond acceptors (Lipinski definition) is 5. The molecule has 134 valence electrons. The van der Waals surface area contributed by atoms with Gasteiger partial charge in [0, 0.05) is 4.90 Å². The van der Waals surface area contributed by atoms with Crippen molar-refractivity contribution in [3.05, 3.63) is 59.7 Å². The Morgan fingerprint density at radius 1 is 1.15 bits per heavy atom. The third-order valence-corrected chi connectivity index (χ3v) is 4.93. The minimum Gasteiger partial charge on any atom is -0.457 e. The van der Waals surface area contributed by atoms with Crippen LogP contribution in [0.5, 0.6) is 0 Å². The first-order chi connectivity index (χ1) is 12.4. The second-order valence-electron chi connectivity index (χ2n) is 5.50. The molecule has 0 aromatic heterocycles. The number of hydrogen-bond donors (Lipinski definition) is 1. The summed E-state index contributed by atoms with van der Waals surface area (Å²) in [4.78, 5) is 36.7. The molecule has 1 N–H and O–H groups in total. The van der Waals surface area contributed by atoms with E-state index < -0.39 is 40.8 Å². The van der Waals surface area contributed by atoms with Crippen molar-refractivity contribution in [3.8, 4) is 0 Å². The minimum atomic E-state index is -0.897. The maximum absolute atomic E-state index is 13.5. The molecule has 0 saturated heterocycles. The van der Waals surface area contributed by atoms with Gasteiger partial charge < -0.3 is 10.1 Å². The van der Waals surface area contributed by atoms with E-state index in [-0.39, 0.29) is 12.3 Å². The maximum atomic E-state index is 13.5. The first kappa shape index (κ1) is 18.1. The lowest BCUT2D eigenvalue weighted by molar-refractivity contribution is -0.143. The summed E-state index contributed by atoms with van der Waals surface area (Å²) in [7, 11) is 0. The molecule has 1 amide bonds. The highest BCUT2D eigenvalue weighted by Gasteiger charge is 2.29. The van der Waals surface area contributed by atoms with Gasteiger partial charge in [0.25, 0.3) is 0 Å². The summed E-state index contributed by atoms with van der Waals surface area (Å²) < 4.78 is 31.5. The highest BCUT2D eigenvalue weighted by Crippen LogP contribution is 2.36. The molecule has 0 fully saturated rings. The summed E-state index contributed by atoms with van der Waals surface area (Å²) in [5.74, 6) is -3.64. The Morgan fingerprint density at radius 3 is 2.73 bits per heavy atom. The Labute approximate surface area is 151 Å². The molecule has 1 heterocycles. The van der Waals surface area contributed by atoms with E-state index in [0.29, 0.717) is 5.69 Å². The molecule has 0 bridgehead atoms. The van der Waals surface area contributed by atoms with Gasteiger partial charge in [-0.3, -0.25) is 14.4 Å². The number of carbonyl (C=O) groups excluding carboxylic acids is 3. The van der Waals surface area contributed by atoms with Crippen molar-refractivity contribution >= 4 is 35.1 Å². The second kappa shape index (κ2) is 7.65. The van der Waals surface area contributed by atoms with Crippen LogP contribution in [0.25, 0.3) is 0 Å². The van der Waals surface area contributed by atoms with Gasteiger partial charge in [0.15, 0.2) is 6.61 Å². The van der Waals surface area contributed by atoms with Gasteiger partial charge in [-0.25, -0.2) is 8.78 Å². The molecule has 2 aromatic rings. The smallest absolute Gasteiger partial charge is 0.307 e. The number of anilines is 1. The van der Waals surface area contributed by atoms with Crippen LogP contribution in [0.4, 0.5) is 14.5 Å². The van der Waals surface area contributed by atoms with E-state index in [1.165, 1.54) is 11.8 Å². The Kier molecular flexibility index (Phi) is 5.32. The number of thioether (sulfide) groups is 1. The van der Waals surface area contributed by atoms with Crippen LogP contribution in [0, 0.1) is 11.6 Å². The standard InChI is InChI=1S/C18H13F2NO4S/c19-10-5-6-12(20)11(7-10)14(22)9-25-17(23)8-16-18(24)21-13-3-1-2-4-15(13)26-16/h1-7,16H,8-9H2,(H,21,24)/t16-/m0/s1. The summed E-state index contributed by atoms with van der Waals surface area (Å²) in [6.07, 6.45) is -0.246. The molecule has 2 aromatic carbocycles. The Bertz CT molecular complexity index is 887. The van der Waals surface area contributed by atoms with E-state index in [0.717, 1.165) is 23.1 Å². The Balaban J connectivity index is 1.57. The highest BCUT2D eigenvalue weighted by molar-refractivity contribution is 8.01. The van der Waals surface area contributed by atoms with Crippen molar-refractivity contribution in [2.75, 3.05) is 11.9 Å². The Morgan fingerprint density at radius 2 is 1.92 bits per heavy atom. The van der Waals surface area contributed by atoms with Crippen molar-refractivity contribution in [2.45, 2.75) is 16.6 Å². The third kappa shape index (κ3) is 4.08. The fraction of sp³-hybridized carbons (Fsp3) is 0.167. The molecule has 1 atom stereocenters. The zero-order valence-corrected chi connectivity index (χ0v) is 14.1. The van der Waals surface area contributed by atoms with Gasteiger partial charge in [-0.2, -0.15) is 0 Å². The first-order valence-electron chi connectivity index (χ1n) is 7.64. The molecule has 0 spiro atoms. The molecule has 0 saturated carbocycles. The van der Waals surface area contributed by atoms with Gasteiger partial charge in [0.05, 0.1) is 22.9 Å². The molecule has 3 rings (SSSR count). The van der Waals surface area contributed by atoms with Gasteiger partial charge in [-0.15, -0.1) is 11.8 Å². The number of para-hydroxylation sites is 1. The largest absolute Gasteiger partial charge is 0.457 e. The van der Waals surface area contributed by atoms with Gasteiger partial charge in [0.1, 0.15) is 11.6 Å². The number of ether oxygens (including phenoxy) is 1. The van der Waals surface area contributed by atoms with Crippen LogP contribution in [-0.2, 0) is 14.3 Å². The molecule has 1 aliphatic heterocycles. The van der Waals surface area contributed by atoms with Gasteiger partial charge >= 0.3 is 5.97 Å². The molecule has 1 aliphatic rings. The van der Waals surface area contributed by atoms with Crippen LogP contribution in [0.3, 0.4) is 0 Å². The number of fused-ring (bicyclic) bond motifs is 1. The quantitative estimate of drug-likeness (QED) is 0.640. The average molecular weight is 377 g/mol. The van der Waals surface area contributed by atoms with Crippen LogP contribution in [0.15, 0.2) is 47.4 Å². The van der Waals surface area contributed by atoms with Crippen LogP contribution in [0.1, 0.15) is 16.8 Å². The SMILES string of the molecule is O=C(C[C@@H]1Sc2ccccc2NC1=O)OCC(=O)c1cc(F)ccc1F. The summed E-state index contributed by atoms with van der Waals surface area (Å²) in [5, 5.41) is 2.00. The predicted molar refractivity (Wildman–Crippen MR) is 91.0 cm³/mol. The molecule has 26 heavy (non-hydrogen) atoms. The van der Waals surface area contributed by atoms with Gasteiger partial charge in [-0.05, 0) is 30.3 Å². The number of esters is 1. The normalized spacial score (nSPS) is 15.8. The molecule has 0 unspecified atom stereocenters. The van der Waals surface area contributed by atoms with E-state index in [4.69, 9.17) is 4.74 Å². The molecule has 8 heteroatoms. The van der Waals surface area contributed by atoms with Crippen LogP contribution >= 0.6 is 11.8 Å². The van der Waals surface area contributed by atoms with Crippen LogP contribution < -0.4 is 5.32 Å². The molecule has 0 radical (unpaired) electrons. The lowest BCUT2D eigenvalue weighted by Gasteiger charge is -2.23. The monoisotopic (exact) mass is 377 g/mol. The summed E-state index contributed by atoms with van der Waals surface area (Å²) >= 11 is 1.22. The van der Waals surface area contributed by atoms with E-state index in [1.54, 1.807) is 12.1 Å². The van der Waals surface area contributed by atoms with Crippen LogP contribution in [0.2, 0.25) is 0 Å². The van der Waals surface area contributed by atoms with Gasteiger partial charge in [0.2, 0.25) is 11.7 Å². The van der Waals surface area contributed by atoms with E-state index in [9.17, 15) is 23.2 Å². The summed E-state index contributed by atoms with van der Waals surface area (Å²) in [5.41, 5.74) is 0.181. The second-order valence-corrected chi connectivity index (χ2v) is 6.75. The van der Waals surface area contributed by atoms with E-state index in [1.807, 2.05) is 12.1 Å². The fourth-order valence-corrected chi connectivity index (χ4v) is 3.47. The van der Waals surface area contributed by atoms with E-state index in [2.05, 4.69) is 5.32 Å². The number of halogens is 2. The first-order valence-corrected chi connectivity index (χ1v) is 8.52. The third-order valence-electron chi connectivity index (χ3n) is 3.65. The topological polar surface area (TPSA) is 72.5 Å². The van der Waals surface area contributed by atoms with Crippen molar-refractivity contribution in [2.24, 2.45) is 0 Å². The number of Topliss-reactive ketones (excluding diaryl/α,β-unsaturated/α-hetero) is 1. The molecule has 0 aliphatic carbocycles. The number of carbonyl (C=O) groups is 3. The summed E-state index contributed by atoms with van der Waals surface area (Å²) in [6, 6.07) is 9.61. The number of nitrogens with one attached hydrogen (secondary N) is 1. The fourth-order valence-electron chi connectivity index (χ4n) is 2.37. The molecule has 5 nitrogen and oxygen atoms in total. The average Bonchev–Trinajstić information content (AvgIpc) is 2.62.